The molecule has 1 aromatic carbocycles. The fourth-order valence-electron chi connectivity index (χ4n) is 2.92. The molecule has 0 aliphatic carbocycles. The molecule has 3 aromatic heterocycles. The lowest BCUT2D eigenvalue weighted by atomic mass is 10.2. The van der Waals surface area contributed by atoms with Crippen LogP contribution in [0.3, 0.4) is 0 Å². The van der Waals surface area contributed by atoms with Crippen LogP contribution < -0.4 is 5.32 Å². The molecule has 0 amide bonds. The van der Waals surface area contributed by atoms with Gasteiger partial charge in [-0.3, -0.25) is 4.68 Å². The molecule has 0 spiro atoms. The molecule has 0 bridgehead atoms. The van der Waals surface area contributed by atoms with E-state index >= 15 is 0 Å². The number of anilines is 1. The standard InChI is InChI=1S/C20H18F2N6O3/c21-14-4-2-1-3-12(14)9-28-18(16-5-6-31-27-16)7-17(26-28)20-23-8-15(22)19(25-20)24-13(10-29)11-30/h1-8,13,29-30H,9-11H2,(H,23,24,25). The van der Waals surface area contributed by atoms with Crippen molar-refractivity contribution in [2.75, 3.05) is 18.5 Å². The number of rotatable bonds is 8. The van der Waals surface area contributed by atoms with Gasteiger partial charge in [-0.25, -0.2) is 18.7 Å². The summed E-state index contributed by atoms with van der Waals surface area (Å²) in [5, 5.41) is 29.4. The predicted octanol–water partition coefficient (Wildman–Crippen LogP) is 2.09. The van der Waals surface area contributed by atoms with Gasteiger partial charge in [-0.1, -0.05) is 23.4 Å². The second-order valence-electron chi connectivity index (χ2n) is 6.65. The van der Waals surface area contributed by atoms with E-state index < -0.39 is 25.1 Å². The zero-order valence-corrected chi connectivity index (χ0v) is 16.1. The summed E-state index contributed by atoms with van der Waals surface area (Å²) in [4.78, 5) is 8.11. The Hall–Kier alpha value is -3.70. The second-order valence-corrected chi connectivity index (χ2v) is 6.65. The van der Waals surface area contributed by atoms with Gasteiger partial charge in [-0.05, 0) is 12.1 Å². The summed E-state index contributed by atoms with van der Waals surface area (Å²) in [6, 6.07) is 8.78. The topological polar surface area (TPSA) is 122 Å². The molecule has 9 nitrogen and oxygen atoms in total. The molecule has 4 aromatic rings. The molecule has 0 unspecified atom stereocenters. The minimum atomic E-state index is -0.790. The van der Waals surface area contributed by atoms with Crippen LogP contribution in [-0.4, -0.2) is 54.4 Å². The van der Waals surface area contributed by atoms with E-state index in [-0.39, 0.29) is 24.0 Å². The van der Waals surface area contributed by atoms with Crippen LogP contribution >= 0.6 is 0 Å². The van der Waals surface area contributed by atoms with Crippen molar-refractivity contribution in [3.05, 3.63) is 66.1 Å². The third-order valence-corrected chi connectivity index (χ3v) is 4.51. The van der Waals surface area contributed by atoms with E-state index in [0.717, 1.165) is 6.20 Å². The lowest BCUT2D eigenvalue weighted by Crippen LogP contribution is -2.28. The van der Waals surface area contributed by atoms with Gasteiger partial charge in [0, 0.05) is 11.6 Å². The van der Waals surface area contributed by atoms with E-state index in [4.69, 9.17) is 4.52 Å². The Morgan fingerprint density at radius 1 is 1.06 bits per heavy atom. The summed E-state index contributed by atoms with van der Waals surface area (Å²) in [5.74, 6) is -1.23. The normalized spacial score (nSPS) is 11.3. The van der Waals surface area contributed by atoms with Crippen molar-refractivity contribution in [3.63, 3.8) is 0 Å². The fourth-order valence-corrected chi connectivity index (χ4v) is 2.92. The van der Waals surface area contributed by atoms with E-state index in [9.17, 15) is 19.0 Å². The molecule has 0 saturated heterocycles. The van der Waals surface area contributed by atoms with Crippen molar-refractivity contribution < 1.29 is 23.5 Å². The number of halogens is 2. The molecule has 0 aliphatic rings. The smallest absolute Gasteiger partial charge is 0.183 e. The maximum Gasteiger partial charge on any atom is 0.183 e. The molecule has 0 aliphatic heterocycles. The molecule has 3 heterocycles. The number of hydrogen-bond acceptors (Lipinski definition) is 8. The molecule has 11 heteroatoms. The van der Waals surface area contributed by atoms with E-state index in [1.165, 1.54) is 17.0 Å². The van der Waals surface area contributed by atoms with Crippen molar-refractivity contribution >= 4 is 5.82 Å². The highest BCUT2D eigenvalue weighted by molar-refractivity contribution is 5.63. The van der Waals surface area contributed by atoms with Crippen molar-refractivity contribution in [1.29, 1.82) is 0 Å². The number of benzene rings is 1. The first-order valence-corrected chi connectivity index (χ1v) is 9.32. The third kappa shape index (κ3) is 4.42. The van der Waals surface area contributed by atoms with Crippen LogP contribution in [0, 0.1) is 11.6 Å². The van der Waals surface area contributed by atoms with Crippen LogP contribution in [0.5, 0.6) is 0 Å². The highest BCUT2D eigenvalue weighted by Crippen LogP contribution is 2.26. The van der Waals surface area contributed by atoms with Gasteiger partial charge in [0.25, 0.3) is 0 Å². The first-order chi connectivity index (χ1) is 15.1. The Morgan fingerprint density at radius 3 is 2.58 bits per heavy atom. The molecule has 160 valence electrons. The Labute approximate surface area is 175 Å². The first-order valence-electron chi connectivity index (χ1n) is 9.32. The van der Waals surface area contributed by atoms with Gasteiger partial charge in [0.05, 0.1) is 37.7 Å². The first kappa shape index (κ1) is 20.6. The summed E-state index contributed by atoms with van der Waals surface area (Å²) in [5.41, 5.74) is 1.70. The number of aliphatic hydroxyl groups excluding tert-OH is 2. The van der Waals surface area contributed by atoms with Gasteiger partial charge in [-0.2, -0.15) is 5.10 Å². The number of nitrogens with one attached hydrogen (secondary N) is 1. The molecule has 4 rings (SSSR count). The minimum absolute atomic E-state index is 0.0931. The van der Waals surface area contributed by atoms with Crippen molar-refractivity contribution in [1.82, 2.24) is 24.9 Å². The van der Waals surface area contributed by atoms with Crippen LogP contribution in [0.25, 0.3) is 22.9 Å². The van der Waals surface area contributed by atoms with Crippen molar-refractivity contribution in [2.24, 2.45) is 0 Å². The second kappa shape index (κ2) is 8.98. The number of nitrogens with zero attached hydrogens (tertiary/aromatic N) is 5. The number of hydrogen-bond donors (Lipinski definition) is 3. The van der Waals surface area contributed by atoms with Crippen LogP contribution in [0.4, 0.5) is 14.6 Å². The maximum absolute atomic E-state index is 14.2. The van der Waals surface area contributed by atoms with E-state index in [2.05, 4.69) is 25.5 Å². The molecule has 3 N–H and O–H groups in total. The van der Waals surface area contributed by atoms with Crippen LogP contribution in [0.1, 0.15) is 5.56 Å². The molecule has 0 fully saturated rings. The van der Waals surface area contributed by atoms with E-state index in [0.29, 0.717) is 22.6 Å². The minimum Gasteiger partial charge on any atom is -0.394 e. The number of aromatic nitrogens is 5. The highest BCUT2D eigenvalue weighted by atomic mass is 19.1. The largest absolute Gasteiger partial charge is 0.394 e. The summed E-state index contributed by atoms with van der Waals surface area (Å²) < 4.78 is 34.7. The third-order valence-electron chi connectivity index (χ3n) is 4.51. The van der Waals surface area contributed by atoms with Crippen molar-refractivity contribution in [2.45, 2.75) is 12.6 Å². The SMILES string of the molecule is OCC(CO)Nc1nc(-c2cc(-c3ccon3)n(Cc3ccccc3F)n2)ncc1F. The van der Waals surface area contributed by atoms with Crippen LogP contribution in [0.2, 0.25) is 0 Å². The summed E-state index contributed by atoms with van der Waals surface area (Å²) >= 11 is 0. The van der Waals surface area contributed by atoms with Crippen LogP contribution in [-0.2, 0) is 6.54 Å². The van der Waals surface area contributed by atoms with Gasteiger partial charge in [-0.15, -0.1) is 0 Å². The number of aliphatic hydroxyl groups is 2. The van der Waals surface area contributed by atoms with Crippen LogP contribution in [0.15, 0.2) is 53.4 Å². The predicted molar refractivity (Wildman–Crippen MR) is 106 cm³/mol. The summed E-state index contributed by atoms with van der Waals surface area (Å²) in [6.07, 6.45) is 2.36. The lowest BCUT2D eigenvalue weighted by Gasteiger charge is -2.14. The van der Waals surface area contributed by atoms with Gasteiger partial charge < -0.3 is 20.1 Å². The quantitative estimate of drug-likeness (QED) is 0.390. The average Bonchev–Trinajstić information content (AvgIpc) is 3.45. The molecular weight excluding hydrogens is 410 g/mol. The molecule has 0 atom stereocenters. The van der Waals surface area contributed by atoms with Gasteiger partial charge in [0.15, 0.2) is 17.5 Å². The Kier molecular flexibility index (Phi) is 5.96. The Balaban J connectivity index is 1.73. The molecule has 0 radical (unpaired) electrons. The molecule has 31 heavy (non-hydrogen) atoms. The molecular formula is C20H18F2N6O3. The molecule has 0 saturated carbocycles. The van der Waals surface area contributed by atoms with Gasteiger partial charge in [0.2, 0.25) is 0 Å². The van der Waals surface area contributed by atoms with Gasteiger partial charge >= 0.3 is 0 Å². The zero-order valence-electron chi connectivity index (χ0n) is 16.1. The average molecular weight is 428 g/mol. The fraction of sp³-hybridized carbons (Fsp3) is 0.200. The summed E-state index contributed by atoms with van der Waals surface area (Å²) in [6.45, 7) is -0.718. The van der Waals surface area contributed by atoms with E-state index in [1.807, 2.05) is 0 Å². The van der Waals surface area contributed by atoms with Gasteiger partial charge in [0.1, 0.15) is 23.5 Å². The van der Waals surface area contributed by atoms with E-state index in [1.54, 1.807) is 30.3 Å². The summed E-state index contributed by atoms with van der Waals surface area (Å²) in [7, 11) is 0. The monoisotopic (exact) mass is 428 g/mol. The highest BCUT2D eigenvalue weighted by Gasteiger charge is 2.19. The maximum atomic E-state index is 14.2. The Morgan fingerprint density at radius 2 is 1.87 bits per heavy atom. The zero-order chi connectivity index (χ0) is 21.8. The lowest BCUT2D eigenvalue weighted by molar-refractivity contribution is 0.203. The Bertz CT molecular complexity index is 1160. The van der Waals surface area contributed by atoms with Crippen molar-refractivity contribution in [3.8, 4) is 22.9 Å².